The summed E-state index contributed by atoms with van der Waals surface area (Å²) in [5.41, 5.74) is 0.807. The van der Waals surface area contributed by atoms with Crippen LogP contribution in [0, 0.1) is 11.6 Å². The zero-order valence-electron chi connectivity index (χ0n) is 10.5. The summed E-state index contributed by atoms with van der Waals surface area (Å²) < 4.78 is 27.9. The molecule has 0 saturated heterocycles. The van der Waals surface area contributed by atoms with Gasteiger partial charge in [0.05, 0.1) is 6.04 Å². The molecule has 0 bridgehead atoms. The molecule has 0 aliphatic heterocycles. The van der Waals surface area contributed by atoms with Gasteiger partial charge in [-0.25, -0.2) is 8.78 Å². The topological polar surface area (TPSA) is 12.0 Å². The zero-order valence-corrected chi connectivity index (χ0v) is 11.2. The van der Waals surface area contributed by atoms with Crippen LogP contribution in [0.2, 0.25) is 5.02 Å². The van der Waals surface area contributed by atoms with E-state index < -0.39 is 11.9 Å². The maximum absolute atomic E-state index is 14.0. The van der Waals surface area contributed by atoms with Gasteiger partial charge in [-0.15, -0.1) is 0 Å². The Bertz CT molecular complexity index is 572. The number of nitrogens with one attached hydrogen (secondary N) is 1. The predicted molar refractivity (Wildman–Crippen MR) is 73.3 cm³/mol. The molecule has 2 aromatic carbocycles. The number of halogens is 3. The first kappa shape index (κ1) is 14.0. The summed E-state index contributed by atoms with van der Waals surface area (Å²) >= 11 is 5.74. The first-order valence-electron chi connectivity index (χ1n) is 6.06. The minimum Gasteiger partial charge on any atom is -0.306 e. The van der Waals surface area contributed by atoms with Crippen LogP contribution in [0.3, 0.4) is 0 Å². The van der Waals surface area contributed by atoms with Crippen molar-refractivity contribution in [3.63, 3.8) is 0 Å². The number of rotatable bonds is 4. The Hall–Kier alpha value is -1.45. The van der Waals surface area contributed by atoms with Crippen LogP contribution in [0.25, 0.3) is 0 Å². The van der Waals surface area contributed by atoms with Gasteiger partial charge in [-0.1, -0.05) is 42.8 Å². The van der Waals surface area contributed by atoms with Gasteiger partial charge in [0.1, 0.15) is 11.6 Å². The molecular weight excluding hydrogens is 268 g/mol. The first-order valence-corrected chi connectivity index (χ1v) is 6.44. The third-order valence-electron chi connectivity index (χ3n) is 2.90. The lowest BCUT2D eigenvalue weighted by Gasteiger charge is -2.20. The van der Waals surface area contributed by atoms with Gasteiger partial charge >= 0.3 is 0 Å². The molecule has 0 saturated carbocycles. The van der Waals surface area contributed by atoms with Crippen molar-refractivity contribution in [2.45, 2.75) is 13.0 Å². The van der Waals surface area contributed by atoms with Crippen LogP contribution >= 0.6 is 11.6 Å². The second-order valence-electron chi connectivity index (χ2n) is 4.18. The molecule has 2 aromatic rings. The highest BCUT2D eigenvalue weighted by Gasteiger charge is 2.19. The van der Waals surface area contributed by atoms with Gasteiger partial charge < -0.3 is 5.32 Å². The van der Waals surface area contributed by atoms with Crippen LogP contribution in [0.1, 0.15) is 24.1 Å². The molecule has 0 radical (unpaired) electrons. The van der Waals surface area contributed by atoms with Crippen molar-refractivity contribution >= 4 is 11.6 Å². The van der Waals surface area contributed by atoms with Gasteiger partial charge in [-0.2, -0.15) is 0 Å². The van der Waals surface area contributed by atoms with E-state index in [9.17, 15) is 8.78 Å². The van der Waals surface area contributed by atoms with E-state index >= 15 is 0 Å². The fraction of sp³-hybridized carbons (Fsp3) is 0.200. The summed E-state index contributed by atoms with van der Waals surface area (Å²) in [5, 5.41) is 3.42. The molecule has 0 fully saturated rings. The molecule has 1 nitrogen and oxygen atoms in total. The highest BCUT2D eigenvalue weighted by Crippen LogP contribution is 2.27. The number of hydrogen-bond donors (Lipinski definition) is 1. The van der Waals surface area contributed by atoms with Gasteiger partial charge in [0.2, 0.25) is 0 Å². The lowest BCUT2D eigenvalue weighted by atomic mass is 9.97. The molecular formula is C15H14ClF2N. The Labute approximate surface area is 116 Å². The maximum atomic E-state index is 14.0. The Morgan fingerprint density at radius 3 is 2.37 bits per heavy atom. The predicted octanol–water partition coefficient (Wildman–Crippen LogP) is 4.32. The highest BCUT2D eigenvalue weighted by atomic mass is 35.5. The average molecular weight is 282 g/mol. The Kier molecular flexibility index (Phi) is 4.51. The average Bonchev–Trinajstić information content (AvgIpc) is 2.38. The van der Waals surface area contributed by atoms with Crippen molar-refractivity contribution in [1.29, 1.82) is 0 Å². The number of hydrogen-bond acceptors (Lipinski definition) is 1. The SMILES string of the molecule is CCNC(c1ccccc1F)c1ccc(Cl)cc1F. The molecule has 1 N–H and O–H groups in total. The Morgan fingerprint density at radius 2 is 1.74 bits per heavy atom. The Balaban J connectivity index is 2.48. The van der Waals surface area contributed by atoms with Crippen molar-refractivity contribution in [3.8, 4) is 0 Å². The standard InChI is InChI=1S/C15H14ClF2N/c1-2-19-15(11-5-3-4-6-13(11)17)12-8-7-10(16)9-14(12)18/h3-9,15,19H,2H2,1H3. The lowest BCUT2D eigenvalue weighted by molar-refractivity contribution is 0.531. The molecule has 0 aromatic heterocycles. The van der Waals surface area contributed by atoms with Gasteiger partial charge in [-0.3, -0.25) is 0 Å². The fourth-order valence-corrected chi connectivity index (χ4v) is 2.20. The van der Waals surface area contributed by atoms with Gasteiger partial charge in [-0.05, 0) is 24.7 Å². The summed E-state index contributed by atoms with van der Waals surface area (Å²) in [6.45, 7) is 2.49. The molecule has 0 spiro atoms. The summed E-state index contributed by atoms with van der Waals surface area (Å²) in [7, 11) is 0. The largest absolute Gasteiger partial charge is 0.306 e. The monoisotopic (exact) mass is 281 g/mol. The van der Waals surface area contributed by atoms with Crippen molar-refractivity contribution in [3.05, 3.63) is 70.2 Å². The van der Waals surface area contributed by atoms with Gasteiger partial charge in [0, 0.05) is 16.1 Å². The fourth-order valence-electron chi connectivity index (χ4n) is 2.04. The molecule has 2 rings (SSSR count). The normalized spacial score (nSPS) is 12.4. The van der Waals surface area contributed by atoms with E-state index in [-0.39, 0.29) is 5.82 Å². The van der Waals surface area contributed by atoms with Crippen LogP contribution < -0.4 is 5.32 Å². The third kappa shape index (κ3) is 3.11. The maximum Gasteiger partial charge on any atom is 0.129 e. The van der Waals surface area contributed by atoms with Crippen LogP contribution in [-0.4, -0.2) is 6.54 Å². The zero-order chi connectivity index (χ0) is 13.8. The summed E-state index contributed by atoms with van der Waals surface area (Å²) in [6, 6.07) is 10.3. The van der Waals surface area contributed by atoms with E-state index in [0.717, 1.165) is 0 Å². The summed E-state index contributed by atoms with van der Waals surface area (Å²) in [4.78, 5) is 0. The second-order valence-corrected chi connectivity index (χ2v) is 4.61. The molecule has 100 valence electrons. The molecule has 1 atom stereocenters. The second kappa shape index (κ2) is 6.13. The van der Waals surface area contributed by atoms with Crippen LogP contribution in [0.15, 0.2) is 42.5 Å². The van der Waals surface area contributed by atoms with Crippen molar-refractivity contribution in [2.75, 3.05) is 6.54 Å². The molecule has 0 heterocycles. The quantitative estimate of drug-likeness (QED) is 0.880. The smallest absolute Gasteiger partial charge is 0.129 e. The van der Waals surface area contributed by atoms with E-state index in [1.54, 1.807) is 30.3 Å². The van der Waals surface area contributed by atoms with Crippen LogP contribution in [0.4, 0.5) is 8.78 Å². The van der Waals surface area contributed by atoms with E-state index in [0.29, 0.717) is 22.7 Å². The van der Waals surface area contributed by atoms with Crippen LogP contribution in [-0.2, 0) is 0 Å². The van der Waals surface area contributed by atoms with E-state index in [2.05, 4.69) is 5.32 Å². The number of benzene rings is 2. The van der Waals surface area contributed by atoms with E-state index in [1.807, 2.05) is 6.92 Å². The molecule has 0 amide bonds. The van der Waals surface area contributed by atoms with Gasteiger partial charge in [0.15, 0.2) is 0 Å². The summed E-state index contributed by atoms with van der Waals surface area (Å²) in [6.07, 6.45) is 0. The molecule has 0 aliphatic rings. The lowest BCUT2D eigenvalue weighted by Crippen LogP contribution is -2.24. The molecule has 1 unspecified atom stereocenters. The van der Waals surface area contributed by atoms with Crippen molar-refractivity contribution in [1.82, 2.24) is 5.32 Å². The molecule has 19 heavy (non-hydrogen) atoms. The van der Waals surface area contributed by atoms with Crippen molar-refractivity contribution in [2.24, 2.45) is 0 Å². The molecule has 0 aliphatic carbocycles. The van der Waals surface area contributed by atoms with Crippen LogP contribution in [0.5, 0.6) is 0 Å². The minimum atomic E-state index is -0.525. The minimum absolute atomic E-state index is 0.324. The highest BCUT2D eigenvalue weighted by molar-refractivity contribution is 6.30. The van der Waals surface area contributed by atoms with Gasteiger partial charge in [0.25, 0.3) is 0 Å². The van der Waals surface area contributed by atoms with E-state index in [4.69, 9.17) is 11.6 Å². The summed E-state index contributed by atoms with van der Waals surface area (Å²) in [5.74, 6) is -0.801. The molecule has 4 heteroatoms. The first-order chi connectivity index (χ1) is 9.13. The van der Waals surface area contributed by atoms with Crippen molar-refractivity contribution < 1.29 is 8.78 Å². The third-order valence-corrected chi connectivity index (χ3v) is 3.13. The Morgan fingerprint density at radius 1 is 1.05 bits per heavy atom. The van der Waals surface area contributed by atoms with E-state index in [1.165, 1.54) is 12.1 Å².